The summed E-state index contributed by atoms with van der Waals surface area (Å²) in [4.78, 5) is 0. The van der Waals surface area contributed by atoms with E-state index in [1.54, 1.807) is 14.2 Å². The number of hydrogen-bond acceptors (Lipinski definition) is 3. The number of aliphatic hydroxyl groups is 1. The van der Waals surface area contributed by atoms with E-state index < -0.39 is 6.10 Å². The van der Waals surface area contributed by atoms with Crippen molar-refractivity contribution in [3.63, 3.8) is 0 Å². The van der Waals surface area contributed by atoms with Crippen LogP contribution in [-0.4, -0.2) is 19.3 Å². The van der Waals surface area contributed by atoms with Crippen LogP contribution in [0.25, 0.3) is 0 Å². The van der Waals surface area contributed by atoms with Crippen molar-refractivity contribution >= 4 is 0 Å². The fourth-order valence-corrected chi connectivity index (χ4v) is 3.02. The highest BCUT2D eigenvalue weighted by Crippen LogP contribution is 2.46. The van der Waals surface area contributed by atoms with E-state index in [1.807, 2.05) is 18.2 Å². The second-order valence-corrected chi connectivity index (χ2v) is 5.76. The second-order valence-electron chi connectivity index (χ2n) is 5.76. The molecule has 0 radical (unpaired) electrons. The maximum absolute atomic E-state index is 10.7. The number of ether oxygens (including phenoxy) is 2. The topological polar surface area (TPSA) is 38.7 Å². The van der Waals surface area contributed by atoms with E-state index in [0.717, 1.165) is 29.9 Å². The molecule has 3 heteroatoms. The van der Waals surface area contributed by atoms with E-state index >= 15 is 0 Å². The summed E-state index contributed by atoms with van der Waals surface area (Å²) in [6.45, 7) is 2.18. The van der Waals surface area contributed by atoms with Crippen molar-refractivity contribution in [2.45, 2.75) is 45.1 Å². The number of benzene rings is 1. The van der Waals surface area contributed by atoms with Crippen molar-refractivity contribution in [3.8, 4) is 11.5 Å². The molecule has 1 saturated carbocycles. The molecule has 1 aromatic rings. The molecule has 0 aliphatic heterocycles. The molecule has 1 N–H and O–H groups in total. The zero-order valence-corrected chi connectivity index (χ0v) is 12.1. The van der Waals surface area contributed by atoms with Crippen LogP contribution >= 0.6 is 0 Å². The Labute approximate surface area is 115 Å². The van der Waals surface area contributed by atoms with Gasteiger partial charge in [0.1, 0.15) is 11.5 Å². The van der Waals surface area contributed by atoms with Crippen LogP contribution < -0.4 is 9.47 Å². The first-order valence-corrected chi connectivity index (χ1v) is 7.00. The lowest BCUT2D eigenvalue weighted by molar-refractivity contribution is 0.00795. The van der Waals surface area contributed by atoms with Gasteiger partial charge in [-0.15, -0.1) is 0 Å². The van der Waals surface area contributed by atoms with Gasteiger partial charge in [0.2, 0.25) is 0 Å². The summed E-state index contributed by atoms with van der Waals surface area (Å²) < 4.78 is 10.6. The predicted molar refractivity (Wildman–Crippen MR) is 75.7 cm³/mol. The molecule has 0 spiro atoms. The average molecular weight is 264 g/mol. The number of aliphatic hydroxyl groups excluding tert-OH is 1. The van der Waals surface area contributed by atoms with Crippen molar-refractivity contribution in [1.82, 2.24) is 0 Å². The Morgan fingerprint density at radius 3 is 2.00 bits per heavy atom. The maximum atomic E-state index is 10.7. The summed E-state index contributed by atoms with van der Waals surface area (Å²) in [6.07, 6.45) is 5.38. The molecule has 0 bridgehead atoms. The molecule has 1 fully saturated rings. The van der Waals surface area contributed by atoms with Crippen molar-refractivity contribution in [3.05, 3.63) is 23.8 Å². The van der Waals surface area contributed by atoms with Crippen LogP contribution in [0.1, 0.15) is 50.7 Å². The monoisotopic (exact) mass is 264 g/mol. The van der Waals surface area contributed by atoms with Gasteiger partial charge < -0.3 is 14.6 Å². The highest BCUT2D eigenvalue weighted by molar-refractivity contribution is 5.40. The van der Waals surface area contributed by atoms with Gasteiger partial charge in [-0.05, 0) is 36.0 Å². The van der Waals surface area contributed by atoms with Gasteiger partial charge in [-0.3, -0.25) is 0 Å². The highest BCUT2D eigenvalue weighted by Gasteiger charge is 2.35. The molecule has 1 atom stereocenters. The van der Waals surface area contributed by atoms with Crippen molar-refractivity contribution in [2.24, 2.45) is 5.41 Å². The molecule has 0 aromatic heterocycles. The first-order valence-electron chi connectivity index (χ1n) is 7.00. The Morgan fingerprint density at radius 1 is 1.00 bits per heavy atom. The molecule has 1 aliphatic rings. The average Bonchev–Trinajstić information content (AvgIpc) is 2.46. The highest BCUT2D eigenvalue weighted by atomic mass is 16.5. The minimum absolute atomic E-state index is 0.0321. The largest absolute Gasteiger partial charge is 0.497 e. The third-order valence-electron chi connectivity index (χ3n) is 4.35. The van der Waals surface area contributed by atoms with Crippen LogP contribution in [0.3, 0.4) is 0 Å². The Kier molecular flexibility index (Phi) is 4.35. The van der Waals surface area contributed by atoms with Crippen LogP contribution in [0.2, 0.25) is 0 Å². The van der Waals surface area contributed by atoms with E-state index in [0.29, 0.717) is 0 Å². The maximum Gasteiger partial charge on any atom is 0.122 e. The Bertz CT molecular complexity index is 400. The van der Waals surface area contributed by atoms with Gasteiger partial charge in [0.25, 0.3) is 0 Å². The van der Waals surface area contributed by atoms with E-state index in [4.69, 9.17) is 9.47 Å². The zero-order valence-electron chi connectivity index (χ0n) is 12.1. The summed E-state index contributed by atoms with van der Waals surface area (Å²) >= 11 is 0. The molecule has 1 aliphatic carbocycles. The van der Waals surface area contributed by atoms with Crippen molar-refractivity contribution in [2.75, 3.05) is 14.2 Å². The zero-order chi connectivity index (χ0) is 13.9. The summed E-state index contributed by atoms with van der Waals surface area (Å²) in [6, 6.07) is 5.65. The number of hydrogen-bond donors (Lipinski definition) is 1. The van der Waals surface area contributed by atoms with E-state index in [2.05, 4.69) is 6.92 Å². The molecule has 0 saturated heterocycles. The van der Waals surface area contributed by atoms with Gasteiger partial charge in [-0.2, -0.15) is 0 Å². The van der Waals surface area contributed by atoms with Gasteiger partial charge in [0.05, 0.1) is 20.3 Å². The van der Waals surface area contributed by atoms with Gasteiger partial charge in [0, 0.05) is 6.07 Å². The van der Waals surface area contributed by atoms with Gasteiger partial charge >= 0.3 is 0 Å². The minimum Gasteiger partial charge on any atom is -0.497 e. The third kappa shape index (κ3) is 3.03. The lowest BCUT2D eigenvalue weighted by Gasteiger charge is -2.38. The summed E-state index contributed by atoms with van der Waals surface area (Å²) in [5.41, 5.74) is 0.857. The summed E-state index contributed by atoms with van der Waals surface area (Å²) in [5.74, 6) is 1.46. The van der Waals surface area contributed by atoms with Gasteiger partial charge in [-0.25, -0.2) is 0 Å². The quantitative estimate of drug-likeness (QED) is 0.901. The molecular weight excluding hydrogens is 240 g/mol. The molecule has 0 amide bonds. The third-order valence-corrected chi connectivity index (χ3v) is 4.35. The van der Waals surface area contributed by atoms with Gasteiger partial charge in [0.15, 0.2) is 0 Å². The predicted octanol–water partition coefficient (Wildman–Crippen LogP) is 3.71. The molecule has 2 rings (SSSR count). The van der Waals surface area contributed by atoms with E-state index in [1.165, 1.54) is 19.3 Å². The van der Waals surface area contributed by atoms with Crippen molar-refractivity contribution in [1.29, 1.82) is 0 Å². The second kappa shape index (κ2) is 5.83. The normalized spacial score (nSPS) is 19.8. The molecule has 1 aromatic carbocycles. The minimum atomic E-state index is -0.461. The smallest absolute Gasteiger partial charge is 0.122 e. The Hall–Kier alpha value is -1.22. The summed E-state index contributed by atoms with van der Waals surface area (Å²) in [5, 5.41) is 10.7. The number of rotatable bonds is 4. The number of methoxy groups -OCH3 is 2. The van der Waals surface area contributed by atoms with Gasteiger partial charge in [-0.1, -0.05) is 26.2 Å². The standard InChI is InChI=1S/C16H24O3/c1-16(7-5-4-6-8-16)15(17)12-9-13(18-2)11-14(10-12)19-3/h9-11,15,17H,4-8H2,1-3H3. The SMILES string of the molecule is COc1cc(OC)cc(C(O)C2(C)CCCCC2)c1. The molecule has 106 valence electrons. The van der Waals surface area contributed by atoms with Crippen molar-refractivity contribution < 1.29 is 14.6 Å². The lowest BCUT2D eigenvalue weighted by atomic mass is 9.70. The van der Waals surface area contributed by atoms with E-state index in [-0.39, 0.29) is 5.41 Å². The fourth-order valence-electron chi connectivity index (χ4n) is 3.02. The Morgan fingerprint density at radius 2 is 1.53 bits per heavy atom. The van der Waals surface area contributed by atoms with E-state index in [9.17, 15) is 5.11 Å². The molecule has 1 unspecified atom stereocenters. The fraction of sp³-hybridized carbons (Fsp3) is 0.625. The van der Waals surface area contributed by atoms with Crippen LogP contribution in [0.15, 0.2) is 18.2 Å². The van der Waals surface area contributed by atoms with Crippen LogP contribution in [0, 0.1) is 5.41 Å². The first kappa shape index (κ1) is 14.2. The van der Waals surface area contributed by atoms with Crippen LogP contribution in [0.5, 0.6) is 11.5 Å². The van der Waals surface area contributed by atoms with Crippen LogP contribution in [0.4, 0.5) is 0 Å². The molecular formula is C16H24O3. The van der Waals surface area contributed by atoms with Crippen LogP contribution in [-0.2, 0) is 0 Å². The molecule has 3 nitrogen and oxygen atoms in total. The first-order chi connectivity index (χ1) is 9.09. The Balaban J connectivity index is 2.29. The molecule has 0 heterocycles. The lowest BCUT2D eigenvalue weighted by Crippen LogP contribution is -2.28. The summed E-state index contributed by atoms with van der Waals surface area (Å²) in [7, 11) is 3.26. The molecule has 19 heavy (non-hydrogen) atoms.